The number of nitrogens with zero attached hydrogens (tertiary/aromatic N) is 1. The number of halogens is 1. The molecule has 1 amide bonds. The molecule has 0 saturated heterocycles. The largest absolute Gasteiger partial charge is 0.465 e. The quantitative estimate of drug-likeness (QED) is 0.861. The third kappa shape index (κ3) is 3.44. The molecule has 0 bridgehead atoms. The van der Waals surface area contributed by atoms with Crippen LogP contribution < -0.4 is 0 Å². The number of hydrogen-bond acceptors (Lipinski definition) is 3. The van der Waals surface area contributed by atoms with Crippen LogP contribution in [0.25, 0.3) is 10.9 Å². The number of nitrogens with one attached hydrogen (secondary N) is 1. The highest BCUT2D eigenvalue weighted by Gasteiger charge is 2.18. The van der Waals surface area contributed by atoms with Crippen molar-refractivity contribution < 1.29 is 18.7 Å². The lowest BCUT2D eigenvalue weighted by atomic mass is 10.1. The molecule has 0 fully saturated rings. The highest BCUT2D eigenvalue weighted by atomic mass is 19.1. The van der Waals surface area contributed by atoms with Crippen LogP contribution in [0.15, 0.2) is 18.2 Å². The molecule has 1 aromatic carbocycles. The highest BCUT2D eigenvalue weighted by molar-refractivity contribution is 5.91. The summed E-state index contributed by atoms with van der Waals surface area (Å²) < 4.78 is 18.2. The fourth-order valence-corrected chi connectivity index (χ4v) is 2.36. The number of rotatable bonds is 5. The van der Waals surface area contributed by atoms with Crippen LogP contribution in [0, 0.1) is 12.7 Å². The Hall–Kier alpha value is -2.37. The normalized spacial score (nSPS) is 10.7. The van der Waals surface area contributed by atoms with Gasteiger partial charge in [-0.3, -0.25) is 9.59 Å². The Kier molecular flexibility index (Phi) is 4.80. The second-order valence-electron chi connectivity index (χ2n) is 5.15. The maximum absolute atomic E-state index is 13.4. The van der Waals surface area contributed by atoms with Gasteiger partial charge in [0.05, 0.1) is 13.0 Å². The van der Waals surface area contributed by atoms with E-state index in [1.807, 2.05) is 6.92 Å². The third-order valence-corrected chi connectivity index (χ3v) is 3.51. The number of H-pyrrole nitrogens is 1. The van der Waals surface area contributed by atoms with Crippen LogP contribution in [0.2, 0.25) is 0 Å². The standard InChI is InChI=1S/C16H19FN2O3/c1-4-22-16(21)9-19(3)15(20)8-12-10(2)18-14-6-5-11(17)7-13(12)14/h5-7,18H,4,8-9H2,1-3H3. The van der Waals surface area contributed by atoms with Crippen molar-refractivity contribution in [3.8, 4) is 0 Å². The monoisotopic (exact) mass is 306 g/mol. The van der Waals surface area contributed by atoms with E-state index < -0.39 is 5.97 Å². The number of fused-ring (bicyclic) bond motifs is 1. The van der Waals surface area contributed by atoms with Crippen LogP contribution in [0.3, 0.4) is 0 Å². The second kappa shape index (κ2) is 6.60. The van der Waals surface area contributed by atoms with E-state index in [-0.39, 0.29) is 31.3 Å². The molecule has 0 spiro atoms. The van der Waals surface area contributed by atoms with Crippen molar-refractivity contribution in [1.82, 2.24) is 9.88 Å². The summed E-state index contributed by atoms with van der Waals surface area (Å²) in [7, 11) is 1.55. The van der Waals surface area contributed by atoms with Gasteiger partial charge in [-0.25, -0.2) is 4.39 Å². The SMILES string of the molecule is CCOC(=O)CN(C)C(=O)Cc1c(C)[nH]c2ccc(F)cc12. The second-order valence-corrected chi connectivity index (χ2v) is 5.15. The number of likely N-dealkylation sites (N-methyl/N-ethyl adjacent to an activating group) is 1. The summed E-state index contributed by atoms with van der Waals surface area (Å²) in [5.74, 6) is -1.01. The smallest absolute Gasteiger partial charge is 0.325 e. The molecule has 1 aromatic heterocycles. The molecule has 6 heteroatoms. The van der Waals surface area contributed by atoms with E-state index >= 15 is 0 Å². The summed E-state index contributed by atoms with van der Waals surface area (Å²) in [5.41, 5.74) is 2.35. The molecule has 0 atom stereocenters. The van der Waals surface area contributed by atoms with Crippen molar-refractivity contribution in [2.45, 2.75) is 20.3 Å². The van der Waals surface area contributed by atoms with Gasteiger partial charge in [-0.05, 0) is 37.6 Å². The number of benzene rings is 1. The van der Waals surface area contributed by atoms with Gasteiger partial charge in [0.1, 0.15) is 12.4 Å². The Labute approximate surface area is 128 Å². The molecule has 1 heterocycles. The molecule has 118 valence electrons. The number of aromatic amines is 1. The van der Waals surface area contributed by atoms with E-state index in [0.29, 0.717) is 5.39 Å². The van der Waals surface area contributed by atoms with Crippen LogP contribution in [0.5, 0.6) is 0 Å². The minimum Gasteiger partial charge on any atom is -0.465 e. The first-order chi connectivity index (χ1) is 10.4. The maximum atomic E-state index is 13.4. The van der Waals surface area contributed by atoms with Crippen LogP contribution in [-0.4, -0.2) is 42.0 Å². The van der Waals surface area contributed by atoms with Gasteiger partial charge in [0, 0.05) is 23.6 Å². The zero-order valence-electron chi connectivity index (χ0n) is 12.9. The molecular weight excluding hydrogens is 287 g/mol. The lowest BCUT2D eigenvalue weighted by Crippen LogP contribution is -2.34. The number of aromatic nitrogens is 1. The molecule has 22 heavy (non-hydrogen) atoms. The van der Waals surface area contributed by atoms with Crippen LogP contribution in [-0.2, 0) is 20.7 Å². The number of aryl methyl sites for hydroxylation is 1. The summed E-state index contributed by atoms with van der Waals surface area (Å²) in [4.78, 5) is 28.1. The predicted molar refractivity (Wildman–Crippen MR) is 81.0 cm³/mol. The molecule has 0 aliphatic carbocycles. The molecule has 0 aliphatic rings. The third-order valence-electron chi connectivity index (χ3n) is 3.51. The Morgan fingerprint density at radius 1 is 1.36 bits per heavy atom. The van der Waals surface area contributed by atoms with Crippen molar-refractivity contribution in [2.75, 3.05) is 20.2 Å². The van der Waals surface area contributed by atoms with Gasteiger partial charge in [0.2, 0.25) is 5.91 Å². The molecule has 0 unspecified atom stereocenters. The fourth-order valence-electron chi connectivity index (χ4n) is 2.36. The van der Waals surface area contributed by atoms with E-state index in [1.165, 1.54) is 17.0 Å². The summed E-state index contributed by atoms with van der Waals surface area (Å²) in [6.07, 6.45) is 0.102. The van der Waals surface area contributed by atoms with E-state index in [2.05, 4.69) is 4.98 Å². The van der Waals surface area contributed by atoms with Gasteiger partial charge in [0.15, 0.2) is 0 Å². The minimum atomic E-state index is -0.444. The van der Waals surface area contributed by atoms with E-state index in [0.717, 1.165) is 16.8 Å². The Morgan fingerprint density at radius 3 is 2.77 bits per heavy atom. The van der Waals surface area contributed by atoms with E-state index in [1.54, 1.807) is 20.0 Å². The van der Waals surface area contributed by atoms with Gasteiger partial charge >= 0.3 is 5.97 Å². The number of hydrogen-bond donors (Lipinski definition) is 1. The Morgan fingerprint density at radius 2 is 2.09 bits per heavy atom. The number of ether oxygens (including phenoxy) is 1. The maximum Gasteiger partial charge on any atom is 0.325 e. The fraction of sp³-hybridized carbons (Fsp3) is 0.375. The van der Waals surface area contributed by atoms with E-state index in [9.17, 15) is 14.0 Å². The summed E-state index contributed by atoms with van der Waals surface area (Å²) in [6.45, 7) is 3.74. The van der Waals surface area contributed by atoms with Gasteiger partial charge in [-0.1, -0.05) is 0 Å². The lowest BCUT2D eigenvalue weighted by molar-refractivity contribution is -0.147. The van der Waals surface area contributed by atoms with Gasteiger partial charge in [-0.15, -0.1) is 0 Å². The van der Waals surface area contributed by atoms with Crippen molar-refractivity contribution >= 4 is 22.8 Å². The summed E-state index contributed by atoms with van der Waals surface area (Å²) in [6, 6.07) is 4.43. The van der Waals surface area contributed by atoms with Crippen molar-refractivity contribution in [2.24, 2.45) is 0 Å². The molecule has 0 radical (unpaired) electrons. The molecule has 0 saturated carbocycles. The number of esters is 1. The lowest BCUT2D eigenvalue weighted by Gasteiger charge is -2.16. The summed E-state index contributed by atoms with van der Waals surface area (Å²) in [5, 5.41) is 0.690. The first-order valence-corrected chi connectivity index (χ1v) is 7.08. The molecule has 2 aromatic rings. The van der Waals surface area contributed by atoms with Crippen molar-refractivity contribution in [3.63, 3.8) is 0 Å². The van der Waals surface area contributed by atoms with Gasteiger partial charge in [0.25, 0.3) is 0 Å². The Bertz CT molecular complexity index is 709. The number of amides is 1. The average molecular weight is 306 g/mol. The van der Waals surface area contributed by atoms with Crippen molar-refractivity contribution in [1.29, 1.82) is 0 Å². The topological polar surface area (TPSA) is 62.4 Å². The average Bonchev–Trinajstić information content (AvgIpc) is 2.75. The van der Waals surface area contributed by atoms with Crippen LogP contribution in [0.4, 0.5) is 4.39 Å². The van der Waals surface area contributed by atoms with E-state index in [4.69, 9.17) is 4.74 Å². The van der Waals surface area contributed by atoms with Gasteiger partial charge in [-0.2, -0.15) is 0 Å². The van der Waals surface area contributed by atoms with Gasteiger partial charge < -0.3 is 14.6 Å². The zero-order chi connectivity index (χ0) is 16.3. The summed E-state index contributed by atoms with van der Waals surface area (Å²) >= 11 is 0. The van der Waals surface area contributed by atoms with Crippen LogP contribution >= 0.6 is 0 Å². The number of carbonyl (C=O) groups is 2. The first kappa shape index (κ1) is 16.0. The predicted octanol–water partition coefficient (Wildman–Crippen LogP) is 2.18. The molecule has 1 N–H and O–H groups in total. The van der Waals surface area contributed by atoms with Crippen molar-refractivity contribution in [3.05, 3.63) is 35.3 Å². The zero-order valence-corrected chi connectivity index (χ0v) is 12.9. The highest BCUT2D eigenvalue weighted by Crippen LogP contribution is 2.23. The minimum absolute atomic E-state index is 0.0948. The molecule has 5 nitrogen and oxygen atoms in total. The first-order valence-electron chi connectivity index (χ1n) is 7.08. The number of carbonyl (C=O) groups excluding carboxylic acids is 2. The molecule has 2 rings (SSSR count). The Balaban J connectivity index is 2.16. The van der Waals surface area contributed by atoms with Crippen LogP contribution in [0.1, 0.15) is 18.2 Å². The molecular formula is C16H19FN2O3. The molecule has 0 aliphatic heterocycles.